The molecule has 4 rings (SSSR count). The monoisotopic (exact) mass is 498 g/mol. The van der Waals surface area contributed by atoms with Gasteiger partial charge in [0.15, 0.2) is 0 Å². The lowest BCUT2D eigenvalue weighted by atomic mass is 9.98. The Morgan fingerprint density at radius 1 is 0.968 bits per heavy atom. The Balaban J connectivity index is 0.00000272. The number of rotatable bonds is 7. The molecule has 0 aliphatic rings. The maximum Gasteiger partial charge on any atom is 0.205 e. The van der Waals surface area contributed by atoms with Crippen molar-refractivity contribution in [3.63, 3.8) is 0 Å². The molecule has 0 fully saturated rings. The average molecular weight is 500 g/mol. The second-order valence-corrected chi connectivity index (χ2v) is 7.75. The number of tetrazole rings is 1. The third-order valence-electron chi connectivity index (χ3n) is 5.04. The first-order valence-electron chi connectivity index (χ1n) is 10.0. The topological polar surface area (TPSA) is 79.4 Å². The van der Waals surface area contributed by atoms with E-state index >= 15 is 0 Å². The van der Waals surface area contributed by atoms with Gasteiger partial charge in [-0.3, -0.25) is 4.98 Å². The van der Waals surface area contributed by atoms with Crippen LogP contribution in [0.3, 0.4) is 0 Å². The number of H-pyrrole nitrogens is 1. The van der Waals surface area contributed by atoms with E-state index in [2.05, 4.69) is 92.1 Å². The van der Waals surface area contributed by atoms with Crippen LogP contribution in [-0.4, -0.2) is 25.6 Å². The SMILES string of the molecule is CCc1cc(NCc2ccc(-c3ccccc3-c3nn[nH]n3)cc2)c(Br)c(CC)n1.Cl. The molecule has 0 saturated heterocycles. The highest BCUT2D eigenvalue weighted by molar-refractivity contribution is 9.10. The quantitative estimate of drug-likeness (QED) is 0.333. The van der Waals surface area contributed by atoms with Gasteiger partial charge in [-0.1, -0.05) is 62.4 Å². The van der Waals surface area contributed by atoms with Crippen molar-refractivity contribution in [2.75, 3.05) is 5.32 Å². The third kappa shape index (κ3) is 5.11. The Morgan fingerprint density at radius 3 is 2.35 bits per heavy atom. The summed E-state index contributed by atoms with van der Waals surface area (Å²) in [5.41, 5.74) is 7.63. The van der Waals surface area contributed by atoms with Gasteiger partial charge in [-0.2, -0.15) is 5.21 Å². The molecule has 4 aromatic rings. The van der Waals surface area contributed by atoms with E-state index in [0.717, 1.165) is 57.6 Å². The number of nitrogens with one attached hydrogen (secondary N) is 2. The molecule has 2 aromatic heterocycles. The van der Waals surface area contributed by atoms with Crippen LogP contribution in [0.25, 0.3) is 22.5 Å². The van der Waals surface area contributed by atoms with Crippen LogP contribution in [0.5, 0.6) is 0 Å². The highest BCUT2D eigenvalue weighted by Crippen LogP contribution is 2.30. The lowest BCUT2D eigenvalue weighted by molar-refractivity contribution is 0.881. The predicted molar refractivity (Wildman–Crippen MR) is 130 cm³/mol. The Hall–Kier alpha value is -2.77. The number of hydrogen-bond acceptors (Lipinski definition) is 5. The molecule has 0 aliphatic heterocycles. The molecular formula is C23H24BrClN6. The maximum atomic E-state index is 4.70. The number of hydrogen-bond donors (Lipinski definition) is 2. The Kier molecular flexibility index (Phi) is 7.76. The fraction of sp³-hybridized carbons (Fsp3) is 0.217. The highest BCUT2D eigenvalue weighted by atomic mass is 79.9. The largest absolute Gasteiger partial charge is 0.380 e. The van der Waals surface area contributed by atoms with Crippen LogP contribution in [0.2, 0.25) is 0 Å². The van der Waals surface area contributed by atoms with Crippen LogP contribution in [0.15, 0.2) is 59.1 Å². The van der Waals surface area contributed by atoms with Crippen molar-refractivity contribution in [2.24, 2.45) is 0 Å². The van der Waals surface area contributed by atoms with Crippen molar-refractivity contribution >= 4 is 34.0 Å². The van der Waals surface area contributed by atoms with Crippen LogP contribution in [-0.2, 0) is 19.4 Å². The fourth-order valence-corrected chi connectivity index (χ4v) is 4.01. The number of halogens is 2. The molecule has 31 heavy (non-hydrogen) atoms. The molecule has 0 unspecified atom stereocenters. The zero-order chi connectivity index (χ0) is 20.9. The van der Waals surface area contributed by atoms with Crippen molar-refractivity contribution in [3.05, 3.63) is 76.0 Å². The van der Waals surface area contributed by atoms with Crippen molar-refractivity contribution < 1.29 is 0 Å². The van der Waals surface area contributed by atoms with Crippen molar-refractivity contribution in [2.45, 2.75) is 33.2 Å². The van der Waals surface area contributed by atoms with Crippen LogP contribution >= 0.6 is 28.3 Å². The van der Waals surface area contributed by atoms with E-state index in [1.54, 1.807) is 0 Å². The summed E-state index contributed by atoms with van der Waals surface area (Å²) >= 11 is 3.70. The van der Waals surface area contributed by atoms with Crippen molar-refractivity contribution in [1.82, 2.24) is 25.6 Å². The summed E-state index contributed by atoms with van der Waals surface area (Å²) in [6.07, 6.45) is 1.82. The molecule has 2 heterocycles. The first-order valence-corrected chi connectivity index (χ1v) is 10.8. The summed E-state index contributed by atoms with van der Waals surface area (Å²) in [5, 5.41) is 18.0. The maximum absolute atomic E-state index is 4.70. The lowest BCUT2D eigenvalue weighted by Gasteiger charge is -2.14. The van der Waals surface area contributed by atoms with Gasteiger partial charge >= 0.3 is 0 Å². The highest BCUT2D eigenvalue weighted by Gasteiger charge is 2.11. The van der Waals surface area contributed by atoms with Gasteiger partial charge in [-0.15, -0.1) is 22.6 Å². The number of anilines is 1. The van der Waals surface area contributed by atoms with Gasteiger partial charge in [-0.05, 0) is 56.7 Å². The first kappa shape index (κ1) is 22.9. The molecule has 0 spiro atoms. The summed E-state index contributed by atoms with van der Waals surface area (Å²) < 4.78 is 1.05. The average Bonchev–Trinajstić information content (AvgIpc) is 3.33. The van der Waals surface area contributed by atoms with Gasteiger partial charge in [-0.25, -0.2) is 0 Å². The van der Waals surface area contributed by atoms with Crippen LogP contribution < -0.4 is 5.32 Å². The molecular weight excluding hydrogens is 476 g/mol. The molecule has 0 saturated carbocycles. The van der Waals surface area contributed by atoms with Crippen LogP contribution in [0.1, 0.15) is 30.8 Å². The van der Waals surface area contributed by atoms with Crippen molar-refractivity contribution in [1.29, 1.82) is 0 Å². The Morgan fingerprint density at radius 2 is 1.71 bits per heavy atom. The Bertz CT molecular complexity index is 1130. The minimum absolute atomic E-state index is 0. The lowest BCUT2D eigenvalue weighted by Crippen LogP contribution is -2.04. The molecule has 6 nitrogen and oxygen atoms in total. The molecule has 0 aliphatic carbocycles. The summed E-state index contributed by atoms with van der Waals surface area (Å²) in [6.45, 7) is 4.99. The summed E-state index contributed by atoms with van der Waals surface area (Å²) in [4.78, 5) is 4.70. The van der Waals surface area contributed by atoms with E-state index in [1.807, 2.05) is 18.2 Å². The van der Waals surface area contributed by atoms with Gasteiger partial charge in [0.05, 0.1) is 15.9 Å². The third-order valence-corrected chi connectivity index (χ3v) is 5.92. The zero-order valence-corrected chi connectivity index (χ0v) is 19.8. The molecule has 8 heteroatoms. The molecule has 0 bridgehead atoms. The molecule has 0 amide bonds. The molecule has 2 aromatic carbocycles. The number of aryl methyl sites for hydroxylation is 2. The van der Waals surface area contributed by atoms with Gasteiger partial charge in [0.2, 0.25) is 5.82 Å². The summed E-state index contributed by atoms with van der Waals surface area (Å²) in [6, 6.07) is 18.8. The molecule has 2 N–H and O–H groups in total. The van der Waals surface area contributed by atoms with Gasteiger partial charge in [0.1, 0.15) is 0 Å². The number of aromatic nitrogens is 5. The van der Waals surface area contributed by atoms with Gasteiger partial charge < -0.3 is 5.32 Å². The standard InChI is InChI=1S/C23H23BrN6.ClH/c1-3-17-13-21(22(24)20(4-2)26-17)25-14-15-9-11-16(12-10-15)18-7-5-6-8-19(18)23-27-29-30-28-23;/h5-13H,3-4,14H2,1-2H3,(H,25,26)(H,27,28,29,30);1H. The number of nitrogens with zero attached hydrogens (tertiary/aromatic N) is 4. The van der Waals surface area contributed by atoms with E-state index in [-0.39, 0.29) is 12.4 Å². The van der Waals surface area contributed by atoms with Crippen molar-refractivity contribution in [3.8, 4) is 22.5 Å². The summed E-state index contributed by atoms with van der Waals surface area (Å²) in [5.74, 6) is 0.595. The van der Waals surface area contributed by atoms with Gasteiger partial charge in [0, 0.05) is 17.8 Å². The minimum atomic E-state index is 0. The number of pyridine rings is 1. The fourth-order valence-electron chi connectivity index (χ4n) is 3.39. The second kappa shape index (κ2) is 10.5. The van der Waals surface area contributed by atoms with E-state index < -0.39 is 0 Å². The van der Waals surface area contributed by atoms with Crippen LogP contribution in [0.4, 0.5) is 5.69 Å². The molecule has 0 radical (unpaired) electrons. The smallest absolute Gasteiger partial charge is 0.205 e. The first-order chi connectivity index (χ1) is 14.7. The molecule has 0 atom stereocenters. The van der Waals surface area contributed by atoms with E-state index in [0.29, 0.717) is 5.82 Å². The molecule has 160 valence electrons. The van der Waals surface area contributed by atoms with Crippen LogP contribution in [0, 0.1) is 0 Å². The zero-order valence-electron chi connectivity index (χ0n) is 17.4. The summed E-state index contributed by atoms with van der Waals surface area (Å²) in [7, 11) is 0. The predicted octanol–water partition coefficient (Wildman–Crippen LogP) is 5.85. The second-order valence-electron chi connectivity index (χ2n) is 6.96. The number of benzene rings is 2. The van der Waals surface area contributed by atoms with Gasteiger partial charge in [0.25, 0.3) is 0 Å². The number of aromatic amines is 1. The van der Waals surface area contributed by atoms with E-state index in [1.165, 1.54) is 5.56 Å². The van der Waals surface area contributed by atoms with E-state index in [9.17, 15) is 0 Å². The Labute approximate surface area is 196 Å². The minimum Gasteiger partial charge on any atom is -0.380 e. The normalized spacial score (nSPS) is 10.5. The van der Waals surface area contributed by atoms with E-state index in [4.69, 9.17) is 4.98 Å².